The predicted octanol–water partition coefficient (Wildman–Crippen LogP) is 2.42. The van der Waals surface area contributed by atoms with Crippen molar-refractivity contribution in [2.45, 2.75) is 30.7 Å². The molecule has 1 fully saturated rings. The highest BCUT2D eigenvalue weighted by molar-refractivity contribution is 6.06. The third-order valence-electron chi connectivity index (χ3n) is 5.96. The van der Waals surface area contributed by atoms with Gasteiger partial charge in [-0.15, -0.1) is 10.2 Å². The first kappa shape index (κ1) is 17.6. The summed E-state index contributed by atoms with van der Waals surface area (Å²) in [7, 11) is 1.77. The van der Waals surface area contributed by atoms with Crippen molar-refractivity contribution in [2.75, 3.05) is 11.9 Å². The average Bonchev–Trinajstić information content (AvgIpc) is 3.13. The molecule has 1 aromatic heterocycles. The Morgan fingerprint density at radius 2 is 1.86 bits per heavy atom. The molecule has 7 nitrogen and oxygen atoms in total. The van der Waals surface area contributed by atoms with Gasteiger partial charge in [-0.25, -0.2) is 0 Å². The number of nitrogens with one attached hydrogen (secondary N) is 2. The molecule has 3 heterocycles. The van der Waals surface area contributed by atoms with E-state index in [1.165, 1.54) is 0 Å². The van der Waals surface area contributed by atoms with Gasteiger partial charge in [-0.1, -0.05) is 48.5 Å². The second-order valence-corrected chi connectivity index (χ2v) is 7.85. The van der Waals surface area contributed by atoms with Crippen LogP contribution in [0, 0.1) is 0 Å². The minimum Gasteiger partial charge on any atom is -0.335 e. The van der Waals surface area contributed by atoms with Gasteiger partial charge in [0, 0.05) is 19.2 Å². The summed E-state index contributed by atoms with van der Waals surface area (Å²) in [6.07, 6.45) is 1.76. The standard InChI is InChI=1S/C22H21N5O2/c1-27-17-10-6-5-9-16(17)15-12-22(13-15,21(27)29)24-20(28)19-23-18(25-26-19)11-14-7-3-2-4-8-14/h2-10,15H,11-13H2,1H3,(H,24,28)(H,23,25,26)/t15-,22-. The summed E-state index contributed by atoms with van der Waals surface area (Å²) in [6.45, 7) is 0. The molecule has 3 aliphatic rings. The fourth-order valence-corrected chi connectivity index (χ4v) is 4.44. The number of amides is 2. The van der Waals surface area contributed by atoms with Crippen LogP contribution < -0.4 is 10.2 Å². The molecule has 3 aromatic rings. The normalized spacial score (nSPS) is 22.4. The number of fused-ring (bicyclic) bond motifs is 1. The number of hydrogen-bond donors (Lipinski definition) is 2. The van der Waals surface area contributed by atoms with Gasteiger partial charge in [-0.2, -0.15) is 0 Å². The summed E-state index contributed by atoms with van der Waals surface area (Å²) < 4.78 is 0. The van der Waals surface area contributed by atoms with Crippen LogP contribution in [0.15, 0.2) is 54.6 Å². The first-order chi connectivity index (χ1) is 14.1. The van der Waals surface area contributed by atoms with Crippen LogP contribution in [0.1, 0.15) is 46.3 Å². The van der Waals surface area contributed by atoms with Crippen molar-refractivity contribution in [3.05, 3.63) is 77.4 Å². The highest BCUT2D eigenvalue weighted by Gasteiger charge is 2.56. The summed E-state index contributed by atoms with van der Waals surface area (Å²) >= 11 is 0. The number of aromatic amines is 1. The van der Waals surface area contributed by atoms with Gasteiger partial charge in [0.05, 0.1) is 0 Å². The molecule has 1 aliphatic carbocycles. The van der Waals surface area contributed by atoms with Crippen LogP contribution in [-0.4, -0.2) is 39.6 Å². The van der Waals surface area contributed by atoms with Gasteiger partial charge < -0.3 is 15.2 Å². The van der Waals surface area contributed by atoms with Crippen molar-refractivity contribution in [1.82, 2.24) is 20.5 Å². The summed E-state index contributed by atoms with van der Waals surface area (Å²) in [5, 5.41) is 11.0. The second kappa shape index (κ2) is 6.55. The van der Waals surface area contributed by atoms with E-state index in [2.05, 4.69) is 26.6 Å². The van der Waals surface area contributed by atoms with Crippen LogP contribution in [0.4, 0.5) is 5.69 Å². The Bertz CT molecular complexity index is 1090. The van der Waals surface area contributed by atoms with Crippen molar-refractivity contribution in [3.8, 4) is 0 Å². The fraction of sp³-hybridized carbons (Fsp3) is 0.273. The van der Waals surface area contributed by atoms with Crippen LogP contribution in [0.5, 0.6) is 0 Å². The van der Waals surface area contributed by atoms with E-state index in [0.29, 0.717) is 25.1 Å². The molecule has 2 N–H and O–H groups in total. The SMILES string of the molecule is CN1c2ccccc2[C@H]2C[C@](NC(=O)c3nnc(Cc4ccccc4)[nH]3)(C2)C1=O. The molecule has 146 valence electrons. The number of H-pyrrole nitrogens is 1. The molecular formula is C22H21N5O2. The zero-order valence-electron chi connectivity index (χ0n) is 16.1. The highest BCUT2D eigenvalue weighted by Crippen LogP contribution is 2.51. The Morgan fingerprint density at radius 3 is 2.66 bits per heavy atom. The van der Waals surface area contributed by atoms with Gasteiger partial charge in [-0.05, 0) is 36.0 Å². The number of carbonyl (C=O) groups is 2. The molecule has 1 saturated carbocycles. The average molecular weight is 387 g/mol. The molecule has 0 saturated heterocycles. The van der Waals surface area contributed by atoms with E-state index >= 15 is 0 Å². The van der Waals surface area contributed by atoms with Crippen LogP contribution >= 0.6 is 0 Å². The Labute approximate surface area is 168 Å². The molecule has 7 heteroatoms. The number of aromatic nitrogens is 3. The smallest absolute Gasteiger partial charge is 0.289 e. The zero-order chi connectivity index (χ0) is 20.0. The first-order valence-electron chi connectivity index (χ1n) is 9.71. The lowest BCUT2D eigenvalue weighted by atomic mass is 9.66. The van der Waals surface area contributed by atoms with E-state index in [9.17, 15) is 9.59 Å². The minimum absolute atomic E-state index is 0.0870. The number of nitrogens with zero attached hydrogens (tertiary/aromatic N) is 3. The molecular weight excluding hydrogens is 366 g/mol. The van der Waals surface area contributed by atoms with Crippen molar-refractivity contribution < 1.29 is 9.59 Å². The maximum atomic E-state index is 13.1. The maximum absolute atomic E-state index is 13.1. The predicted molar refractivity (Wildman–Crippen MR) is 108 cm³/mol. The number of benzene rings is 2. The Balaban J connectivity index is 1.34. The van der Waals surface area contributed by atoms with Gasteiger partial charge in [0.25, 0.3) is 11.8 Å². The lowest BCUT2D eigenvalue weighted by molar-refractivity contribution is -0.127. The van der Waals surface area contributed by atoms with Crippen molar-refractivity contribution in [1.29, 1.82) is 0 Å². The van der Waals surface area contributed by atoms with Crippen LogP contribution in [0.25, 0.3) is 0 Å². The topological polar surface area (TPSA) is 91.0 Å². The molecule has 2 aromatic carbocycles. The lowest BCUT2D eigenvalue weighted by Crippen LogP contribution is -2.64. The Hall–Kier alpha value is -3.48. The van der Waals surface area contributed by atoms with E-state index in [1.807, 2.05) is 48.5 Å². The fourth-order valence-electron chi connectivity index (χ4n) is 4.44. The first-order valence-corrected chi connectivity index (χ1v) is 9.71. The summed E-state index contributed by atoms with van der Waals surface area (Å²) in [5.41, 5.74) is 2.27. The van der Waals surface area contributed by atoms with E-state index in [4.69, 9.17) is 0 Å². The molecule has 6 rings (SSSR count). The molecule has 2 amide bonds. The van der Waals surface area contributed by atoms with Gasteiger partial charge in [-0.3, -0.25) is 9.59 Å². The quantitative estimate of drug-likeness (QED) is 0.719. The molecule has 0 radical (unpaired) electrons. The van der Waals surface area contributed by atoms with Crippen molar-refractivity contribution in [3.63, 3.8) is 0 Å². The van der Waals surface area contributed by atoms with Crippen molar-refractivity contribution in [2.24, 2.45) is 0 Å². The van der Waals surface area contributed by atoms with Gasteiger partial charge >= 0.3 is 0 Å². The number of anilines is 1. The molecule has 0 unspecified atom stereocenters. The Morgan fingerprint density at radius 1 is 1.14 bits per heavy atom. The molecule has 0 atom stereocenters. The number of likely N-dealkylation sites (N-methyl/N-ethyl adjacent to an activating group) is 1. The Kier molecular flexibility index (Phi) is 3.97. The monoisotopic (exact) mass is 387 g/mol. The van der Waals surface area contributed by atoms with E-state index in [1.54, 1.807) is 11.9 Å². The van der Waals surface area contributed by atoms with E-state index in [0.717, 1.165) is 16.8 Å². The minimum atomic E-state index is -0.887. The molecule has 29 heavy (non-hydrogen) atoms. The maximum Gasteiger partial charge on any atom is 0.289 e. The van der Waals surface area contributed by atoms with E-state index in [-0.39, 0.29) is 17.6 Å². The van der Waals surface area contributed by atoms with Crippen LogP contribution in [0.3, 0.4) is 0 Å². The zero-order valence-corrected chi connectivity index (χ0v) is 16.1. The summed E-state index contributed by atoms with van der Waals surface area (Å²) in [6, 6.07) is 17.8. The van der Waals surface area contributed by atoms with Crippen LogP contribution in [-0.2, 0) is 11.2 Å². The number of para-hydroxylation sites is 1. The molecule has 2 bridgehead atoms. The number of hydrogen-bond acceptors (Lipinski definition) is 4. The summed E-state index contributed by atoms with van der Waals surface area (Å²) in [4.78, 5) is 30.6. The van der Waals surface area contributed by atoms with Crippen molar-refractivity contribution >= 4 is 17.5 Å². The highest BCUT2D eigenvalue weighted by atomic mass is 16.2. The third kappa shape index (κ3) is 2.90. The van der Waals surface area contributed by atoms with Gasteiger partial charge in [0.1, 0.15) is 11.4 Å². The molecule has 2 aliphatic heterocycles. The van der Waals surface area contributed by atoms with E-state index < -0.39 is 11.4 Å². The lowest BCUT2D eigenvalue weighted by Gasteiger charge is -2.44. The molecule has 0 spiro atoms. The summed E-state index contributed by atoms with van der Waals surface area (Å²) in [5.74, 6) is 0.524. The second-order valence-electron chi connectivity index (χ2n) is 7.85. The number of carbonyl (C=O) groups excluding carboxylic acids is 2. The third-order valence-corrected chi connectivity index (χ3v) is 5.96. The van der Waals surface area contributed by atoms with Crippen LogP contribution in [0.2, 0.25) is 0 Å². The van der Waals surface area contributed by atoms with Gasteiger partial charge in [0.2, 0.25) is 5.82 Å². The largest absolute Gasteiger partial charge is 0.335 e. The van der Waals surface area contributed by atoms with Gasteiger partial charge in [0.15, 0.2) is 0 Å². The number of rotatable bonds is 4.